The normalized spacial score (nSPS) is 11.6. The van der Waals surface area contributed by atoms with E-state index >= 15 is 0 Å². The molecule has 0 spiro atoms. The minimum absolute atomic E-state index is 0.0457. The molecule has 9 heteroatoms. The number of sulfonamides is 1. The lowest BCUT2D eigenvalue weighted by Crippen LogP contribution is -2.14. The van der Waals surface area contributed by atoms with Crippen LogP contribution in [0.15, 0.2) is 34.5 Å². The van der Waals surface area contributed by atoms with Crippen LogP contribution in [0.2, 0.25) is 4.34 Å². The highest BCUT2D eigenvalue weighted by atomic mass is 35.5. The van der Waals surface area contributed by atoms with Crippen molar-refractivity contribution in [3.05, 3.63) is 45.9 Å². The standard InChI is InChI=1S/C15H13ClN2O4S2/c1-8-3-4-10-9(7-8)13(14(17-10)15(19)22-2)18-24(20,21)12-6-5-11(16)23-12/h3-7,17-18H,1-2H3. The zero-order chi connectivity index (χ0) is 17.5. The maximum absolute atomic E-state index is 12.6. The fourth-order valence-electron chi connectivity index (χ4n) is 2.29. The molecule has 0 saturated carbocycles. The van der Waals surface area contributed by atoms with E-state index in [1.54, 1.807) is 12.1 Å². The van der Waals surface area contributed by atoms with E-state index < -0.39 is 16.0 Å². The molecule has 0 saturated heterocycles. The summed E-state index contributed by atoms with van der Waals surface area (Å²) in [6.45, 7) is 1.88. The van der Waals surface area contributed by atoms with Gasteiger partial charge in [0.05, 0.1) is 17.1 Å². The number of methoxy groups -OCH3 is 1. The van der Waals surface area contributed by atoms with E-state index in [4.69, 9.17) is 16.3 Å². The monoisotopic (exact) mass is 384 g/mol. The van der Waals surface area contributed by atoms with Gasteiger partial charge in [-0.1, -0.05) is 23.2 Å². The average Bonchev–Trinajstić information content (AvgIpc) is 3.11. The summed E-state index contributed by atoms with van der Waals surface area (Å²) < 4.78 is 32.8. The average molecular weight is 385 g/mol. The number of thiophene rings is 1. The van der Waals surface area contributed by atoms with Crippen molar-refractivity contribution in [1.82, 2.24) is 4.98 Å². The van der Waals surface area contributed by atoms with Gasteiger partial charge >= 0.3 is 5.97 Å². The lowest BCUT2D eigenvalue weighted by molar-refractivity contribution is 0.0596. The summed E-state index contributed by atoms with van der Waals surface area (Å²) in [6.07, 6.45) is 0. The second-order valence-electron chi connectivity index (χ2n) is 5.08. The third-order valence-corrected chi connectivity index (χ3v) is 6.47. The number of hydrogen-bond acceptors (Lipinski definition) is 5. The van der Waals surface area contributed by atoms with E-state index in [0.29, 0.717) is 15.2 Å². The minimum atomic E-state index is -3.87. The number of aromatic amines is 1. The van der Waals surface area contributed by atoms with Crippen molar-refractivity contribution >= 4 is 55.5 Å². The van der Waals surface area contributed by atoms with E-state index in [9.17, 15) is 13.2 Å². The smallest absolute Gasteiger partial charge is 0.356 e. The Balaban J connectivity index is 2.16. The van der Waals surface area contributed by atoms with Crippen molar-refractivity contribution in [3.8, 4) is 0 Å². The fourth-order valence-corrected chi connectivity index (χ4v) is 4.87. The van der Waals surface area contributed by atoms with Crippen LogP contribution in [0.1, 0.15) is 16.1 Å². The number of benzene rings is 1. The van der Waals surface area contributed by atoms with Crippen LogP contribution in [-0.4, -0.2) is 26.5 Å². The van der Waals surface area contributed by atoms with Gasteiger partial charge in [0.25, 0.3) is 10.0 Å². The Kier molecular flexibility index (Phi) is 4.29. The zero-order valence-corrected chi connectivity index (χ0v) is 15.1. The molecule has 0 radical (unpaired) electrons. The van der Waals surface area contributed by atoms with E-state index in [1.165, 1.54) is 19.2 Å². The number of rotatable bonds is 4. The highest BCUT2D eigenvalue weighted by molar-refractivity contribution is 7.94. The summed E-state index contributed by atoms with van der Waals surface area (Å²) in [5.74, 6) is -0.661. The Hall–Kier alpha value is -2.03. The van der Waals surface area contributed by atoms with Crippen molar-refractivity contribution in [3.63, 3.8) is 0 Å². The first-order chi connectivity index (χ1) is 11.3. The van der Waals surface area contributed by atoms with Crippen LogP contribution in [0.25, 0.3) is 10.9 Å². The summed E-state index contributed by atoms with van der Waals surface area (Å²) in [5, 5.41) is 0.585. The molecule has 2 aromatic heterocycles. The van der Waals surface area contributed by atoms with Gasteiger partial charge < -0.3 is 9.72 Å². The number of H-pyrrole nitrogens is 1. The van der Waals surface area contributed by atoms with Gasteiger partial charge in [0, 0.05) is 10.9 Å². The molecule has 6 nitrogen and oxygen atoms in total. The molecular formula is C15H13ClN2O4S2. The van der Waals surface area contributed by atoms with Gasteiger partial charge in [-0.05, 0) is 31.2 Å². The summed E-state index contributed by atoms with van der Waals surface area (Å²) in [7, 11) is -2.64. The van der Waals surface area contributed by atoms with Gasteiger partial charge in [-0.15, -0.1) is 11.3 Å². The summed E-state index contributed by atoms with van der Waals surface area (Å²) in [5.41, 5.74) is 1.76. The molecule has 3 rings (SSSR count). The number of hydrogen-bond donors (Lipinski definition) is 2. The number of fused-ring (bicyclic) bond motifs is 1. The number of anilines is 1. The molecule has 2 N–H and O–H groups in total. The Morgan fingerprint density at radius 2 is 2.04 bits per heavy atom. The van der Waals surface area contributed by atoms with Crippen LogP contribution < -0.4 is 4.72 Å². The number of aryl methyl sites for hydroxylation is 1. The van der Waals surface area contributed by atoms with E-state index in [-0.39, 0.29) is 15.6 Å². The third-order valence-electron chi connectivity index (χ3n) is 3.39. The zero-order valence-electron chi connectivity index (χ0n) is 12.7. The van der Waals surface area contributed by atoms with Gasteiger partial charge in [0.15, 0.2) is 5.69 Å². The van der Waals surface area contributed by atoms with Crippen molar-refractivity contribution in [2.75, 3.05) is 11.8 Å². The highest BCUT2D eigenvalue weighted by Crippen LogP contribution is 2.33. The number of esters is 1. The number of ether oxygens (including phenoxy) is 1. The highest BCUT2D eigenvalue weighted by Gasteiger charge is 2.24. The first-order valence-electron chi connectivity index (χ1n) is 6.80. The molecular weight excluding hydrogens is 372 g/mol. The molecule has 0 atom stereocenters. The molecule has 0 bridgehead atoms. The predicted molar refractivity (Wildman–Crippen MR) is 94.5 cm³/mol. The van der Waals surface area contributed by atoms with Crippen molar-refractivity contribution in [2.24, 2.45) is 0 Å². The summed E-state index contributed by atoms with van der Waals surface area (Å²) in [4.78, 5) is 14.9. The molecule has 0 aliphatic heterocycles. The van der Waals surface area contributed by atoms with Crippen LogP contribution in [0.5, 0.6) is 0 Å². The van der Waals surface area contributed by atoms with Crippen LogP contribution in [0.3, 0.4) is 0 Å². The third kappa shape index (κ3) is 3.00. The van der Waals surface area contributed by atoms with Crippen LogP contribution >= 0.6 is 22.9 Å². The molecule has 0 unspecified atom stereocenters. The molecule has 24 heavy (non-hydrogen) atoms. The van der Waals surface area contributed by atoms with Gasteiger partial charge in [-0.2, -0.15) is 0 Å². The molecule has 126 valence electrons. The number of aromatic nitrogens is 1. The number of carbonyl (C=O) groups excluding carboxylic acids is 1. The molecule has 0 aliphatic carbocycles. The van der Waals surface area contributed by atoms with Crippen LogP contribution in [0, 0.1) is 6.92 Å². The summed E-state index contributed by atoms with van der Waals surface area (Å²) in [6, 6.07) is 8.33. The van der Waals surface area contributed by atoms with Crippen LogP contribution in [0.4, 0.5) is 5.69 Å². The van der Waals surface area contributed by atoms with Crippen molar-refractivity contribution < 1.29 is 17.9 Å². The number of nitrogens with one attached hydrogen (secondary N) is 2. The molecule has 0 amide bonds. The lowest BCUT2D eigenvalue weighted by Gasteiger charge is -2.07. The molecule has 1 aromatic carbocycles. The molecule has 3 aromatic rings. The van der Waals surface area contributed by atoms with Gasteiger partial charge in [0.2, 0.25) is 0 Å². The second-order valence-corrected chi connectivity index (χ2v) is 8.70. The van der Waals surface area contributed by atoms with E-state index in [0.717, 1.165) is 16.9 Å². The largest absolute Gasteiger partial charge is 0.464 e. The van der Waals surface area contributed by atoms with Crippen molar-refractivity contribution in [2.45, 2.75) is 11.1 Å². The maximum Gasteiger partial charge on any atom is 0.356 e. The first kappa shape index (κ1) is 16.8. The SMILES string of the molecule is COC(=O)c1[nH]c2ccc(C)cc2c1NS(=O)(=O)c1ccc(Cl)s1. The quantitative estimate of drug-likeness (QED) is 0.670. The van der Waals surface area contributed by atoms with E-state index in [1.807, 2.05) is 13.0 Å². The second kappa shape index (κ2) is 6.12. The Morgan fingerprint density at radius 3 is 2.67 bits per heavy atom. The van der Waals surface area contributed by atoms with Gasteiger partial charge in [0.1, 0.15) is 4.21 Å². The van der Waals surface area contributed by atoms with Gasteiger partial charge in [-0.25, -0.2) is 13.2 Å². The Labute approximate surface area is 147 Å². The van der Waals surface area contributed by atoms with E-state index in [2.05, 4.69) is 9.71 Å². The predicted octanol–water partition coefficient (Wildman–Crippen LogP) is 3.78. The first-order valence-corrected chi connectivity index (χ1v) is 9.48. The lowest BCUT2D eigenvalue weighted by atomic mass is 10.1. The van der Waals surface area contributed by atoms with Gasteiger partial charge in [-0.3, -0.25) is 4.72 Å². The maximum atomic E-state index is 12.6. The summed E-state index contributed by atoms with van der Waals surface area (Å²) >= 11 is 6.75. The topological polar surface area (TPSA) is 88.3 Å². The van der Waals surface area contributed by atoms with Crippen LogP contribution in [-0.2, 0) is 14.8 Å². The fraction of sp³-hybridized carbons (Fsp3) is 0.133. The number of halogens is 1. The Morgan fingerprint density at radius 1 is 1.29 bits per heavy atom. The molecule has 0 aliphatic rings. The minimum Gasteiger partial charge on any atom is -0.464 e. The van der Waals surface area contributed by atoms with Crippen molar-refractivity contribution in [1.29, 1.82) is 0 Å². The Bertz CT molecular complexity index is 1040. The number of carbonyl (C=O) groups is 1. The molecule has 0 fully saturated rings. The molecule has 2 heterocycles.